The zero-order valence-corrected chi connectivity index (χ0v) is 12.8. The average Bonchev–Trinajstić information content (AvgIpc) is 3.09. The lowest BCUT2D eigenvalue weighted by atomic mass is 9.88. The molecule has 3 fully saturated rings. The summed E-state index contributed by atoms with van der Waals surface area (Å²) in [7, 11) is 0. The van der Waals surface area contributed by atoms with E-state index >= 15 is 0 Å². The summed E-state index contributed by atoms with van der Waals surface area (Å²) in [5, 5.41) is 3.52. The van der Waals surface area contributed by atoms with Crippen molar-refractivity contribution in [2.75, 3.05) is 39.3 Å². The number of fused-ring (bicyclic) bond motifs is 1. The van der Waals surface area contributed by atoms with Gasteiger partial charge >= 0.3 is 0 Å². The third kappa shape index (κ3) is 2.16. The van der Waals surface area contributed by atoms with E-state index in [1.54, 1.807) is 5.57 Å². The molecule has 0 spiro atoms. The van der Waals surface area contributed by atoms with Gasteiger partial charge in [-0.25, -0.2) is 0 Å². The number of piperidine rings is 1. The van der Waals surface area contributed by atoms with Crippen LogP contribution < -0.4 is 5.32 Å². The van der Waals surface area contributed by atoms with Crippen LogP contribution in [0.1, 0.15) is 19.8 Å². The number of likely N-dealkylation sites (N-methyl/N-ethyl adjacent to an activating group) is 1. The van der Waals surface area contributed by atoms with Crippen LogP contribution in [0.3, 0.4) is 0 Å². The maximum Gasteiger partial charge on any atom is 0.236 e. The monoisotopic (exact) mass is 287 g/mol. The van der Waals surface area contributed by atoms with Gasteiger partial charge in [-0.3, -0.25) is 9.69 Å². The highest BCUT2D eigenvalue weighted by molar-refractivity contribution is 5.79. The number of nitrogens with zero attached hydrogens (tertiary/aromatic N) is 2. The highest BCUT2D eigenvalue weighted by Crippen LogP contribution is 2.60. The molecular formula is C17H25N3O. The fourth-order valence-corrected chi connectivity index (χ4v) is 4.38. The number of carbonyl (C=O) groups excluding carboxylic acids is 1. The van der Waals surface area contributed by atoms with Crippen molar-refractivity contribution < 1.29 is 4.79 Å². The Balaban J connectivity index is 1.39. The molecule has 0 aromatic rings. The first kappa shape index (κ1) is 13.5. The Bertz CT molecular complexity index is 512. The van der Waals surface area contributed by atoms with Gasteiger partial charge in [0.15, 0.2) is 0 Å². The number of nitrogens with one attached hydrogen (secondary N) is 1. The molecule has 1 N–H and O–H groups in total. The number of allylic oxidation sites excluding steroid dienone is 1. The maximum atomic E-state index is 12.0. The highest BCUT2D eigenvalue weighted by Gasteiger charge is 2.58. The molecule has 3 atom stereocenters. The highest BCUT2D eigenvalue weighted by atomic mass is 16.2. The summed E-state index contributed by atoms with van der Waals surface area (Å²) in [6.45, 7) is 7.73. The second-order valence-corrected chi connectivity index (χ2v) is 6.95. The van der Waals surface area contributed by atoms with Crippen LogP contribution in [0.15, 0.2) is 23.8 Å². The Morgan fingerprint density at radius 2 is 2.33 bits per heavy atom. The molecule has 4 heteroatoms. The molecule has 21 heavy (non-hydrogen) atoms. The predicted octanol–water partition coefficient (Wildman–Crippen LogP) is 1.01. The molecule has 4 aliphatic rings. The van der Waals surface area contributed by atoms with Gasteiger partial charge < -0.3 is 10.2 Å². The van der Waals surface area contributed by atoms with E-state index < -0.39 is 0 Å². The Hall–Kier alpha value is -1.13. The van der Waals surface area contributed by atoms with Crippen LogP contribution >= 0.6 is 0 Å². The number of rotatable bonds is 3. The normalized spacial score (nSPS) is 39.4. The lowest BCUT2D eigenvalue weighted by Gasteiger charge is -2.38. The van der Waals surface area contributed by atoms with Crippen LogP contribution in [-0.2, 0) is 4.79 Å². The zero-order chi connectivity index (χ0) is 14.4. The molecule has 114 valence electrons. The Kier molecular flexibility index (Phi) is 3.19. The number of carbonyl (C=O) groups is 1. The van der Waals surface area contributed by atoms with E-state index in [2.05, 4.69) is 35.4 Å². The summed E-state index contributed by atoms with van der Waals surface area (Å²) >= 11 is 0. The van der Waals surface area contributed by atoms with Gasteiger partial charge in [0.2, 0.25) is 5.91 Å². The van der Waals surface area contributed by atoms with E-state index in [1.807, 2.05) is 4.90 Å². The van der Waals surface area contributed by atoms with Crippen molar-refractivity contribution in [3.8, 4) is 0 Å². The third-order valence-electron chi connectivity index (χ3n) is 5.91. The number of amides is 1. The van der Waals surface area contributed by atoms with Crippen molar-refractivity contribution in [3.63, 3.8) is 0 Å². The van der Waals surface area contributed by atoms with E-state index in [0.29, 0.717) is 18.0 Å². The molecule has 3 unspecified atom stereocenters. The third-order valence-corrected chi connectivity index (χ3v) is 5.91. The molecule has 2 heterocycles. The van der Waals surface area contributed by atoms with Crippen molar-refractivity contribution in [1.82, 2.24) is 15.1 Å². The van der Waals surface area contributed by atoms with E-state index in [1.165, 1.54) is 13.0 Å². The molecule has 2 aliphatic carbocycles. The Morgan fingerprint density at radius 1 is 1.43 bits per heavy atom. The van der Waals surface area contributed by atoms with Gasteiger partial charge in [0.05, 0.1) is 6.54 Å². The lowest BCUT2D eigenvalue weighted by molar-refractivity contribution is -0.136. The smallest absolute Gasteiger partial charge is 0.236 e. The molecule has 4 nitrogen and oxygen atoms in total. The van der Waals surface area contributed by atoms with Crippen LogP contribution in [-0.4, -0.2) is 61.0 Å². The largest absolute Gasteiger partial charge is 0.341 e. The standard InChI is InChI=1S/C17H25N3O/c1-2-19-7-8-20(11-16(19)21)15-5-3-13(4-6-15)17-9-14(17)10-18-12-17/h3-5,14-15,18H,2,6-12H2,1H3. The minimum atomic E-state index is 0.285. The van der Waals surface area contributed by atoms with Gasteiger partial charge in [-0.1, -0.05) is 18.2 Å². The molecule has 2 saturated heterocycles. The average molecular weight is 287 g/mol. The van der Waals surface area contributed by atoms with Crippen molar-refractivity contribution in [1.29, 1.82) is 0 Å². The van der Waals surface area contributed by atoms with Gasteiger partial charge in [-0.15, -0.1) is 0 Å². The summed E-state index contributed by atoms with van der Waals surface area (Å²) < 4.78 is 0. The van der Waals surface area contributed by atoms with Gasteiger partial charge in [-0.2, -0.15) is 0 Å². The van der Waals surface area contributed by atoms with E-state index in [4.69, 9.17) is 0 Å². The van der Waals surface area contributed by atoms with E-state index in [-0.39, 0.29) is 5.91 Å². The Labute approximate surface area is 126 Å². The molecule has 4 rings (SSSR count). The first-order chi connectivity index (χ1) is 10.2. The first-order valence-corrected chi connectivity index (χ1v) is 8.34. The summed E-state index contributed by atoms with van der Waals surface area (Å²) in [6.07, 6.45) is 9.56. The van der Waals surface area contributed by atoms with Crippen molar-refractivity contribution >= 4 is 5.91 Å². The lowest BCUT2D eigenvalue weighted by Crippen LogP contribution is -2.53. The second-order valence-electron chi connectivity index (χ2n) is 6.95. The first-order valence-electron chi connectivity index (χ1n) is 8.34. The maximum absolute atomic E-state index is 12.0. The van der Waals surface area contributed by atoms with Gasteiger partial charge in [0.25, 0.3) is 0 Å². The summed E-state index contributed by atoms with van der Waals surface area (Å²) in [4.78, 5) is 16.3. The molecule has 1 saturated carbocycles. The zero-order valence-electron chi connectivity index (χ0n) is 12.8. The van der Waals surface area contributed by atoms with Crippen LogP contribution in [0.4, 0.5) is 0 Å². The SMILES string of the molecule is CCN1CCN(C2C=CC(C34CNCC3C4)=CC2)CC1=O. The minimum absolute atomic E-state index is 0.285. The topological polar surface area (TPSA) is 35.6 Å². The number of hydrogen-bond donors (Lipinski definition) is 1. The molecule has 0 bridgehead atoms. The summed E-state index contributed by atoms with van der Waals surface area (Å²) in [6, 6.07) is 0.416. The van der Waals surface area contributed by atoms with E-state index in [0.717, 1.165) is 38.5 Å². The second kappa shape index (κ2) is 4.96. The summed E-state index contributed by atoms with van der Waals surface area (Å²) in [5.41, 5.74) is 2.02. The minimum Gasteiger partial charge on any atom is -0.341 e. The van der Waals surface area contributed by atoms with Crippen molar-refractivity contribution in [2.24, 2.45) is 11.3 Å². The van der Waals surface area contributed by atoms with Crippen LogP contribution in [0.25, 0.3) is 0 Å². The molecule has 2 aliphatic heterocycles. The van der Waals surface area contributed by atoms with Crippen LogP contribution in [0.2, 0.25) is 0 Å². The quantitative estimate of drug-likeness (QED) is 0.842. The molecule has 0 aromatic heterocycles. The van der Waals surface area contributed by atoms with Crippen molar-refractivity contribution in [2.45, 2.75) is 25.8 Å². The fourth-order valence-electron chi connectivity index (χ4n) is 4.38. The van der Waals surface area contributed by atoms with Gasteiger partial charge in [-0.05, 0) is 37.8 Å². The molecular weight excluding hydrogens is 262 g/mol. The summed E-state index contributed by atoms with van der Waals surface area (Å²) in [5.74, 6) is 1.16. The Morgan fingerprint density at radius 3 is 2.90 bits per heavy atom. The van der Waals surface area contributed by atoms with Gasteiger partial charge in [0.1, 0.15) is 0 Å². The number of piperazine rings is 1. The fraction of sp³-hybridized carbons (Fsp3) is 0.706. The van der Waals surface area contributed by atoms with Crippen molar-refractivity contribution in [3.05, 3.63) is 23.8 Å². The number of hydrogen-bond acceptors (Lipinski definition) is 3. The molecule has 0 aromatic carbocycles. The van der Waals surface area contributed by atoms with Crippen LogP contribution in [0.5, 0.6) is 0 Å². The van der Waals surface area contributed by atoms with E-state index in [9.17, 15) is 4.79 Å². The molecule has 0 radical (unpaired) electrons. The van der Waals surface area contributed by atoms with Crippen LogP contribution in [0, 0.1) is 11.3 Å². The molecule has 1 amide bonds. The van der Waals surface area contributed by atoms with Gasteiger partial charge in [0, 0.05) is 37.6 Å². The predicted molar refractivity (Wildman–Crippen MR) is 82.9 cm³/mol.